The summed E-state index contributed by atoms with van der Waals surface area (Å²) in [4.78, 5) is 12.4. The van der Waals surface area contributed by atoms with Gasteiger partial charge in [0, 0.05) is 41.9 Å². The van der Waals surface area contributed by atoms with Crippen LogP contribution in [0.15, 0.2) is 83.9 Å². The molecule has 1 heterocycles. The number of hydrogen-bond donors (Lipinski definition) is 0. The summed E-state index contributed by atoms with van der Waals surface area (Å²) in [7, 11) is -7.18. The molecular formula is C30H33N3O6S3. The molecule has 0 aliphatic heterocycles. The number of benzene rings is 3. The molecule has 4 rings (SSSR count). The Labute approximate surface area is 251 Å². The topological polar surface area (TPSA) is 115 Å². The predicted molar refractivity (Wildman–Crippen MR) is 169 cm³/mol. The van der Waals surface area contributed by atoms with Gasteiger partial charge in [-0.2, -0.15) is 16.8 Å². The van der Waals surface area contributed by atoms with Crippen LogP contribution >= 0.6 is 11.3 Å². The molecule has 0 aliphatic rings. The SMILES string of the molecule is Cc1sc(Cc2ccccc2)nc1-c1ccc(N=Cc2ccc(N(CCOS(C)(=O)=O)CCOS(C)(=O)=O)cc2)cc1. The largest absolute Gasteiger partial charge is 0.367 e. The fourth-order valence-electron chi connectivity index (χ4n) is 4.16. The molecule has 3 aromatic carbocycles. The van der Waals surface area contributed by atoms with Gasteiger partial charge in [-0.15, -0.1) is 11.3 Å². The van der Waals surface area contributed by atoms with E-state index in [1.165, 1.54) is 10.4 Å². The Morgan fingerprint density at radius 2 is 1.43 bits per heavy atom. The molecule has 4 aromatic rings. The van der Waals surface area contributed by atoms with Crippen molar-refractivity contribution in [2.45, 2.75) is 13.3 Å². The molecule has 0 amide bonds. The highest BCUT2D eigenvalue weighted by molar-refractivity contribution is 7.86. The average molecular weight is 628 g/mol. The van der Waals surface area contributed by atoms with Crippen LogP contribution in [0.25, 0.3) is 11.3 Å². The average Bonchev–Trinajstić information content (AvgIpc) is 3.30. The molecular weight excluding hydrogens is 595 g/mol. The Morgan fingerprint density at radius 1 is 0.833 bits per heavy atom. The fourth-order valence-corrected chi connectivity index (χ4v) is 5.90. The van der Waals surface area contributed by atoms with Crippen LogP contribution in [0.1, 0.15) is 21.0 Å². The summed E-state index contributed by atoms with van der Waals surface area (Å²) < 4.78 is 55.0. The number of aryl methyl sites for hydroxylation is 1. The van der Waals surface area contributed by atoms with Crippen molar-refractivity contribution < 1.29 is 25.2 Å². The smallest absolute Gasteiger partial charge is 0.264 e. The van der Waals surface area contributed by atoms with Gasteiger partial charge in [-0.1, -0.05) is 54.6 Å². The molecule has 0 aliphatic carbocycles. The zero-order valence-corrected chi connectivity index (χ0v) is 26.1. The van der Waals surface area contributed by atoms with E-state index in [2.05, 4.69) is 24.0 Å². The number of aliphatic imine (C=N–C) groups is 1. The van der Waals surface area contributed by atoms with E-state index in [0.29, 0.717) is 0 Å². The first kappa shape index (κ1) is 31.5. The zero-order chi connectivity index (χ0) is 30.2. The minimum absolute atomic E-state index is 0.0777. The first-order valence-electron chi connectivity index (χ1n) is 13.1. The van der Waals surface area contributed by atoms with Gasteiger partial charge in [-0.05, 0) is 42.3 Å². The van der Waals surface area contributed by atoms with Crippen molar-refractivity contribution in [1.29, 1.82) is 0 Å². The van der Waals surface area contributed by atoms with E-state index in [9.17, 15) is 16.8 Å². The van der Waals surface area contributed by atoms with E-state index < -0.39 is 20.2 Å². The Kier molecular flexibility index (Phi) is 10.6. The Morgan fingerprint density at radius 3 is 2.00 bits per heavy atom. The minimum atomic E-state index is -3.59. The van der Waals surface area contributed by atoms with Crippen LogP contribution < -0.4 is 4.90 Å². The number of hydrogen-bond acceptors (Lipinski definition) is 10. The molecule has 0 unspecified atom stereocenters. The Hall–Kier alpha value is -3.42. The van der Waals surface area contributed by atoms with Crippen molar-refractivity contribution in [3.05, 3.63) is 99.9 Å². The van der Waals surface area contributed by atoms with E-state index in [1.807, 2.05) is 66.7 Å². The number of thiazole rings is 1. The van der Waals surface area contributed by atoms with Crippen LogP contribution in [-0.2, 0) is 35.0 Å². The maximum Gasteiger partial charge on any atom is 0.264 e. The predicted octanol–water partition coefficient (Wildman–Crippen LogP) is 5.22. The highest BCUT2D eigenvalue weighted by Crippen LogP contribution is 2.30. The highest BCUT2D eigenvalue weighted by atomic mass is 32.2. The third-order valence-corrected chi connectivity index (χ3v) is 8.28. The maximum atomic E-state index is 11.3. The molecule has 1 aromatic heterocycles. The molecule has 222 valence electrons. The molecule has 0 N–H and O–H groups in total. The summed E-state index contributed by atoms with van der Waals surface area (Å²) in [6.07, 6.45) is 4.53. The van der Waals surface area contributed by atoms with Gasteiger partial charge in [0.25, 0.3) is 20.2 Å². The second-order valence-electron chi connectivity index (χ2n) is 9.61. The maximum absolute atomic E-state index is 11.3. The molecule has 0 fully saturated rings. The van der Waals surface area contributed by atoms with E-state index >= 15 is 0 Å². The molecule has 0 saturated heterocycles. The lowest BCUT2D eigenvalue weighted by Crippen LogP contribution is -2.32. The number of anilines is 1. The van der Waals surface area contributed by atoms with E-state index in [0.717, 1.165) is 52.1 Å². The standard InChI is InChI=1S/C30H33N3O6S3/c1-23-30(32-29(40-23)21-24-7-5-4-6-8-24)26-11-13-27(14-12-26)31-22-25-9-15-28(16-10-25)33(17-19-38-41(2,34)35)18-20-39-42(3,36)37/h4-16,22H,17-21H2,1-3H3. The van der Waals surface area contributed by atoms with Crippen LogP contribution in [0.5, 0.6) is 0 Å². The van der Waals surface area contributed by atoms with Crippen molar-refractivity contribution in [2.75, 3.05) is 43.7 Å². The Balaban J connectivity index is 1.39. The molecule has 42 heavy (non-hydrogen) atoms. The first-order chi connectivity index (χ1) is 19.9. The summed E-state index contributed by atoms with van der Waals surface area (Å²) in [5, 5.41) is 1.09. The number of rotatable bonds is 14. The lowest BCUT2D eigenvalue weighted by atomic mass is 10.1. The third kappa shape index (κ3) is 10.1. The van der Waals surface area contributed by atoms with E-state index in [-0.39, 0.29) is 26.3 Å². The van der Waals surface area contributed by atoms with Gasteiger partial charge >= 0.3 is 0 Å². The summed E-state index contributed by atoms with van der Waals surface area (Å²) in [5.74, 6) is 0. The summed E-state index contributed by atoms with van der Waals surface area (Å²) in [5.41, 5.74) is 5.71. The van der Waals surface area contributed by atoms with Crippen molar-refractivity contribution in [2.24, 2.45) is 4.99 Å². The van der Waals surface area contributed by atoms with Gasteiger partial charge in [0.05, 0.1) is 42.1 Å². The van der Waals surface area contributed by atoms with Crippen molar-refractivity contribution in [3.8, 4) is 11.3 Å². The Bertz CT molecular complexity index is 1660. The lowest BCUT2D eigenvalue weighted by molar-refractivity contribution is 0.309. The monoisotopic (exact) mass is 627 g/mol. The van der Waals surface area contributed by atoms with Gasteiger partial charge < -0.3 is 4.90 Å². The normalized spacial score (nSPS) is 12.2. The van der Waals surface area contributed by atoms with Gasteiger partial charge in [0.1, 0.15) is 0 Å². The van der Waals surface area contributed by atoms with Gasteiger partial charge in [-0.25, -0.2) is 4.98 Å². The van der Waals surface area contributed by atoms with Crippen LogP contribution in [0.3, 0.4) is 0 Å². The molecule has 12 heteroatoms. The number of aromatic nitrogens is 1. The quantitative estimate of drug-likeness (QED) is 0.138. The van der Waals surface area contributed by atoms with Gasteiger partial charge in [-0.3, -0.25) is 13.4 Å². The second-order valence-corrected chi connectivity index (χ2v) is 14.2. The number of nitrogens with zero attached hydrogens (tertiary/aromatic N) is 3. The van der Waals surface area contributed by atoms with Gasteiger partial charge in [0.2, 0.25) is 0 Å². The van der Waals surface area contributed by atoms with Gasteiger partial charge in [0.15, 0.2) is 0 Å². The van der Waals surface area contributed by atoms with Crippen LogP contribution in [-0.4, -0.2) is 66.8 Å². The molecule has 0 bridgehead atoms. The fraction of sp³-hybridized carbons (Fsp3) is 0.267. The zero-order valence-electron chi connectivity index (χ0n) is 23.6. The molecule has 0 radical (unpaired) electrons. The van der Waals surface area contributed by atoms with Crippen molar-refractivity contribution >= 4 is 49.2 Å². The second kappa shape index (κ2) is 14.2. The molecule has 0 saturated carbocycles. The van der Waals surface area contributed by atoms with Crippen LogP contribution in [0, 0.1) is 6.92 Å². The van der Waals surface area contributed by atoms with Crippen molar-refractivity contribution in [3.63, 3.8) is 0 Å². The molecule has 0 spiro atoms. The minimum Gasteiger partial charge on any atom is -0.367 e. The molecule has 9 nitrogen and oxygen atoms in total. The summed E-state index contributed by atoms with van der Waals surface area (Å²) in [6.45, 7) is 2.39. The van der Waals surface area contributed by atoms with Crippen LogP contribution in [0.2, 0.25) is 0 Å². The molecule has 0 atom stereocenters. The lowest BCUT2D eigenvalue weighted by Gasteiger charge is -2.24. The third-order valence-electron chi connectivity index (χ3n) is 6.12. The van der Waals surface area contributed by atoms with E-state index in [4.69, 9.17) is 13.4 Å². The van der Waals surface area contributed by atoms with Crippen molar-refractivity contribution in [1.82, 2.24) is 4.98 Å². The first-order valence-corrected chi connectivity index (χ1v) is 17.6. The van der Waals surface area contributed by atoms with Crippen LogP contribution in [0.4, 0.5) is 11.4 Å². The van der Waals surface area contributed by atoms with E-state index in [1.54, 1.807) is 22.5 Å². The summed E-state index contributed by atoms with van der Waals surface area (Å²) >= 11 is 1.72. The summed E-state index contributed by atoms with van der Waals surface area (Å²) in [6, 6.07) is 25.7. The highest BCUT2D eigenvalue weighted by Gasteiger charge is 2.12.